The lowest BCUT2D eigenvalue weighted by atomic mass is 10.0. The number of nitrogens with one attached hydrogen (secondary N) is 1. The summed E-state index contributed by atoms with van der Waals surface area (Å²) in [5, 5.41) is 23.3. The van der Waals surface area contributed by atoms with Crippen LogP contribution in [0.4, 0.5) is 0 Å². The molecule has 2 unspecified atom stereocenters. The van der Waals surface area contributed by atoms with Crippen LogP contribution in [0.2, 0.25) is 0 Å². The van der Waals surface area contributed by atoms with Crippen LogP contribution < -0.4 is 5.32 Å². The first-order valence-corrected chi connectivity index (χ1v) is 6.84. The van der Waals surface area contributed by atoms with Gasteiger partial charge in [0.1, 0.15) is 5.75 Å². The van der Waals surface area contributed by atoms with E-state index in [1.807, 2.05) is 56.3 Å². The normalized spacial score (nSPS) is 13.9. The van der Waals surface area contributed by atoms with E-state index in [2.05, 4.69) is 5.32 Å². The van der Waals surface area contributed by atoms with Crippen molar-refractivity contribution in [2.75, 3.05) is 6.54 Å². The monoisotopic (exact) mass is 271 g/mol. The van der Waals surface area contributed by atoms with Crippen LogP contribution in [-0.2, 0) is 0 Å². The Morgan fingerprint density at radius 3 is 2.50 bits per heavy atom. The van der Waals surface area contributed by atoms with E-state index in [1.165, 1.54) is 0 Å². The molecule has 3 N–H and O–H groups in total. The smallest absolute Gasteiger partial charge is 0.120 e. The quantitative estimate of drug-likeness (QED) is 0.783. The summed E-state index contributed by atoms with van der Waals surface area (Å²) < 4.78 is 0. The van der Waals surface area contributed by atoms with Gasteiger partial charge in [-0.1, -0.05) is 48.0 Å². The number of hydrogen-bond donors (Lipinski definition) is 3. The maximum absolute atomic E-state index is 10.1. The SMILES string of the molecule is Cc1ccc(O)c(C(C)NCC(O)c2ccccc2)c1. The Bertz CT molecular complexity index is 554. The molecular weight excluding hydrogens is 250 g/mol. The average molecular weight is 271 g/mol. The van der Waals surface area contributed by atoms with Crippen LogP contribution in [0.5, 0.6) is 5.75 Å². The lowest BCUT2D eigenvalue weighted by Crippen LogP contribution is -2.24. The highest BCUT2D eigenvalue weighted by molar-refractivity contribution is 5.37. The Hall–Kier alpha value is -1.84. The minimum Gasteiger partial charge on any atom is -0.508 e. The van der Waals surface area contributed by atoms with E-state index in [9.17, 15) is 10.2 Å². The summed E-state index contributed by atoms with van der Waals surface area (Å²) in [5.41, 5.74) is 2.85. The molecule has 0 saturated heterocycles. The summed E-state index contributed by atoms with van der Waals surface area (Å²) in [5.74, 6) is 0.282. The molecule has 106 valence electrons. The van der Waals surface area contributed by atoms with Gasteiger partial charge >= 0.3 is 0 Å². The fourth-order valence-electron chi connectivity index (χ4n) is 2.21. The van der Waals surface area contributed by atoms with Gasteiger partial charge in [0, 0.05) is 18.2 Å². The van der Waals surface area contributed by atoms with Gasteiger partial charge in [-0.3, -0.25) is 0 Å². The Kier molecular flexibility index (Phi) is 4.77. The molecule has 2 aromatic rings. The van der Waals surface area contributed by atoms with Gasteiger partial charge in [-0.15, -0.1) is 0 Å². The van der Waals surface area contributed by atoms with E-state index in [4.69, 9.17) is 0 Å². The highest BCUT2D eigenvalue weighted by Gasteiger charge is 2.13. The number of rotatable bonds is 5. The Labute approximate surface area is 119 Å². The van der Waals surface area contributed by atoms with Crippen molar-refractivity contribution in [1.29, 1.82) is 0 Å². The highest BCUT2D eigenvalue weighted by Crippen LogP contribution is 2.25. The van der Waals surface area contributed by atoms with E-state index in [0.717, 1.165) is 16.7 Å². The fraction of sp³-hybridized carbons (Fsp3) is 0.294. The van der Waals surface area contributed by atoms with E-state index in [0.29, 0.717) is 6.54 Å². The van der Waals surface area contributed by atoms with Crippen LogP contribution >= 0.6 is 0 Å². The molecule has 0 amide bonds. The molecule has 2 atom stereocenters. The second kappa shape index (κ2) is 6.55. The first kappa shape index (κ1) is 14.6. The Morgan fingerprint density at radius 1 is 1.10 bits per heavy atom. The third-order valence-corrected chi connectivity index (χ3v) is 3.45. The van der Waals surface area contributed by atoms with E-state index < -0.39 is 6.10 Å². The fourth-order valence-corrected chi connectivity index (χ4v) is 2.21. The molecule has 2 rings (SSSR count). The summed E-state index contributed by atoms with van der Waals surface area (Å²) in [6, 6.07) is 15.1. The molecule has 2 aromatic carbocycles. The largest absolute Gasteiger partial charge is 0.508 e. The van der Waals surface area contributed by atoms with Crippen molar-refractivity contribution in [3.63, 3.8) is 0 Å². The van der Waals surface area contributed by atoms with Crippen molar-refractivity contribution in [3.05, 3.63) is 65.2 Å². The van der Waals surface area contributed by atoms with Crippen molar-refractivity contribution >= 4 is 0 Å². The van der Waals surface area contributed by atoms with Gasteiger partial charge in [0.15, 0.2) is 0 Å². The molecule has 0 saturated carbocycles. The third-order valence-electron chi connectivity index (χ3n) is 3.45. The zero-order valence-electron chi connectivity index (χ0n) is 11.9. The molecular formula is C17H21NO2. The van der Waals surface area contributed by atoms with E-state index in [-0.39, 0.29) is 11.8 Å². The molecule has 3 nitrogen and oxygen atoms in total. The minimum absolute atomic E-state index is 0.0201. The van der Waals surface area contributed by atoms with Gasteiger partial charge in [-0.25, -0.2) is 0 Å². The summed E-state index contributed by atoms with van der Waals surface area (Å²) in [4.78, 5) is 0. The number of aryl methyl sites for hydroxylation is 1. The Balaban J connectivity index is 1.98. The number of aliphatic hydroxyl groups is 1. The van der Waals surface area contributed by atoms with Crippen molar-refractivity contribution < 1.29 is 10.2 Å². The molecule has 20 heavy (non-hydrogen) atoms. The number of benzene rings is 2. The molecule has 0 radical (unpaired) electrons. The molecule has 0 spiro atoms. The number of phenolic OH excluding ortho intramolecular Hbond substituents is 1. The molecule has 0 aromatic heterocycles. The molecule has 3 heteroatoms. The number of phenols is 1. The summed E-state index contributed by atoms with van der Waals surface area (Å²) >= 11 is 0. The van der Waals surface area contributed by atoms with Crippen molar-refractivity contribution in [3.8, 4) is 5.75 Å². The van der Waals surface area contributed by atoms with Crippen LogP contribution in [-0.4, -0.2) is 16.8 Å². The molecule has 0 aliphatic carbocycles. The number of aromatic hydroxyl groups is 1. The van der Waals surface area contributed by atoms with Gasteiger partial charge < -0.3 is 15.5 Å². The number of aliphatic hydroxyl groups excluding tert-OH is 1. The first-order chi connectivity index (χ1) is 9.58. The zero-order chi connectivity index (χ0) is 14.5. The maximum Gasteiger partial charge on any atom is 0.120 e. The van der Waals surface area contributed by atoms with Crippen molar-refractivity contribution in [1.82, 2.24) is 5.32 Å². The van der Waals surface area contributed by atoms with Crippen molar-refractivity contribution in [2.45, 2.75) is 26.0 Å². The van der Waals surface area contributed by atoms with Gasteiger partial charge in [-0.05, 0) is 25.5 Å². The van der Waals surface area contributed by atoms with E-state index in [1.54, 1.807) is 6.07 Å². The predicted molar refractivity (Wildman–Crippen MR) is 80.7 cm³/mol. The number of hydrogen-bond acceptors (Lipinski definition) is 3. The Morgan fingerprint density at radius 2 is 1.80 bits per heavy atom. The summed E-state index contributed by atoms with van der Waals surface area (Å²) in [6.45, 7) is 4.42. The second-order valence-electron chi connectivity index (χ2n) is 5.12. The van der Waals surface area contributed by atoms with Crippen LogP contribution in [0.1, 0.15) is 35.8 Å². The van der Waals surface area contributed by atoms with Gasteiger partial charge in [0.05, 0.1) is 6.10 Å². The van der Waals surface area contributed by atoms with Crippen molar-refractivity contribution in [2.24, 2.45) is 0 Å². The highest BCUT2D eigenvalue weighted by atomic mass is 16.3. The molecule has 0 aliphatic rings. The zero-order valence-corrected chi connectivity index (χ0v) is 11.9. The van der Waals surface area contributed by atoms with Gasteiger partial charge in [-0.2, -0.15) is 0 Å². The van der Waals surface area contributed by atoms with Gasteiger partial charge in [0.2, 0.25) is 0 Å². The average Bonchev–Trinajstić information content (AvgIpc) is 2.47. The summed E-state index contributed by atoms with van der Waals surface area (Å²) in [6.07, 6.45) is -0.550. The predicted octanol–water partition coefficient (Wildman–Crippen LogP) is 3.08. The second-order valence-corrected chi connectivity index (χ2v) is 5.12. The van der Waals surface area contributed by atoms with Crippen LogP contribution in [0.3, 0.4) is 0 Å². The minimum atomic E-state index is -0.550. The molecule has 0 heterocycles. The summed E-state index contributed by atoms with van der Waals surface area (Å²) in [7, 11) is 0. The topological polar surface area (TPSA) is 52.5 Å². The lowest BCUT2D eigenvalue weighted by molar-refractivity contribution is 0.170. The lowest BCUT2D eigenvalue weighted by Gasteiger charge is -2.19. The first-order valence-electron chi connectivity index (χ1n) is 6.84. The standard InChI is InChI=1S/C17H21NO2/c1-12-8-9-16(19)15(10-12)13(2)18-11-17(20)14-6-4-3-5-7-14/h3-10,13,17-20H,11H2,1-2H3. The molecule has 0 fully saturated rings. The van der Waals surface area contributed by atoms with Crippen LogP contribution in [0.25, 0.3) is 0 Å². The van der Waals surface area contributed by atoms with Crippen LogP contribution in [0, 0.1) is 6.92 Å². The molecule has 0 bridgehead atoms. The van der Waals surface area contributed by atoms with Gasteiger partial charge in [0.25, 0.3) is 0 Å². The van der Waals surface area contributed by atoms with Crippen LogP contribution in [0.15, 0.2) is 48.5 Å². The third kappa shape index (κ3) is 3.59. The molecule has 0 aliphatic heterocycles. The van der Waals surface area contributed by atoms with E-state index >= 15 is 0 Å². The maximum atomic E-state index is 10.1.